The van der Waals surface area contributed by atoms with Gasteiger partial charge in [-0.15, -0.1) is 6.42 Å². The van der Waals surface area contributed by atoms with Crippen molar-refractivity contribution in [2.45, 2.75) is 86.9 Å². The van der Waals surface area contributed by atoms with Crippen molar-refractivity contribution in [3.63, 3.8) is 0 Å². The summed E-state index contributed by atoms with van der Waals surface area (Å²) < 4.78 is 65.4. The number of terminal acetylenes is 1. The summed E-state index contributed by atoms with van der Waals surface area (Å²) in [5, 5.41) is 0. The smallest absolute Gasteiger partial charge is 0.457 e. The number of rotatable bonds is 14. The molecule has 0 amide bonds. The van der Waals surface area contributed by atoms with Gasteiger partial charge in [-0.25, -0.2) is 0 Å². The van der Waals surface area contributed by atoms with Crippen LogP contribution in [0.15, 0.2) is 0 Å². The summed E-state index contributed by atoms with van der Waals surface area (Å²) in [5.74, 6) is 20.4. The van der Waals surface area contributed by atoms with E-state index in [9.17, 15) is 14.4 Å². The van der Waals surface area contributed by atoms with Crippen LogP contribution in [0.3, 0.4) is 0 Å². The van der Waals surface area contributed by atoms with Gasteiger partial charge in [-0.05, 0) is 0 Å². The number of carbonyl (C=O) groups excluding carboxylic acids is 3. The molecule has 2 heterocycles. The van der Waals surface area contributed by atoms with Gasteiger partial charge >= 0.3 is 213 Å². The quantitative estimate of drug-likeness (QED) is 0.0624. The third-order valence-electron chi connectivity index (χ3n) is 6.98. The molecule has 276 valence electrons. The third-order valence-corrected chi connectivity index (χ3v) is 8.86. The van der Waals surface area contributed by atoms with E-state index in [1.165, 1.54) is 42.1 Å². The van der Waals surface area contributed by atoms with Crippen LogP contribution in [-0.2, 0) is 66.5 Å². The monoisotopic (exact) mass is 766 g/mol. The van der Waals surface area contributed by atoms with Crippen LogP contribution in [-0.4, -0.2) is 135 Å². The van der Waals surface area contributed by atoms with Gasteiger partial charge in [0.05, 0.1) is 0 Å². The Morgan fingerprint density at radius 1 is 0.660 bits per heavy atom. The van der Waals surface area contributed by atoms with Gasteiger partial charge in [-0.3, -0.25) is 14.4 Å². The molecule has 15 heteroatoms. The molecular weight excluding hydrogens is 717 g/mol. The summed E-state index contributed by atoms with van der Waals surface area (Å²) in [5.41, 5.74) is 0. The van der Waals surface area contributed by atoms with E-state index in [0.29, 0.717) is 0 Å². The SMILES string of the molecule is C#C[C@H]1O[C@H](COC(C)=O)[C@@H](C#CC#C[C@H]2O[C@H](COCOC)[C@@H](C#[C][Ge]([CH3])([CH3])[CH3])[C@H](OCOC)[C@H]2OCOC)[C@H](OC(C)=O)[C@H]1OC(C)=O. The van der Waals surface area contributed by atoms with Gasteiger partial charge in [0, 0.05) is 20.8 Å². The number of hydrogen-bond donors (Lipinski definition) is 0. The summed E-state index contributed by atoms with van der Waals surface area (Å²) in [6, 6.07) is 0. The first-order chi connectivity index (χ1) is 23.8. The van der Waals surface area contributed by atoms with Crippen LogP contribution in [0.25, 0.3) is 0 Å². The predicted octanol–water partition coefficient (Wildman–Crippen LogP) is 1.30. The molecule has 0 aliphatic carbocycles. The number of ether oxygens (including phenoxy) is 11. The summed E-state index contributed by atoms with van der Waals surface area (Å²) in [4.78, 5) is 35.8. The standard InChI is InChI=1S/C35H48GeO14/c1-11-28-35(48-25(4)39)33(47-24(3)38)26(31(49-28)19-44-23(2)37)14-12-13-15-29-34(46-22-42-10)32(45-21-41-9)27(16-17-36(5,6)7)30(50-29)18-43-20-40-8/h1,26-35H,18-22H2,2-10H3/t26-,27-,28-,29-,30-,31-,32+,33+,34+,35+/m1/s1. The minimum Gasteiger partial charge on any atom is -0.457 e. The molecule has 2 aliphatic rings. The van der Waals surface area contributed by atoms with Crippen molar-refractivity contribution in [1.29, 1.82) is 0 Å². The molecule has 0 radical (unpaired) electrons. The van der Waals surface area contributed by atoms with Crippen LogP contribution in [0.2, 0.25) is 17.3 Å². The maximum absolute atomic E-state index is 12.2. The molecule has 10 atom stereocenters. The van der Waals surface area contributed by atoms with E-state index in [2.05, 4.69) is 57.5 Å². The van der Waals surface area contributed by atoms with Crippen molar-refractivity contribution >= 4 is 31.2 Å². The van der Waals surface area contributed by atoms with E-state index in [-0.39, 0.29) is 33.6 Å². The van der Waals surface area contributed by atoms with Crippen LogP contribution in [0.1, 0.15) is 20.8 Å². The second-order valence-corrected chi connectivity index (χ2v) is 22.2. The number of hydrogen-bond acceptors (Lipinski definition) is 14. The topological polar surface area (TPSA) is 153 Å². The van der Waals surface area contributed by atoms with E-state index in [1.807, 2.05) is 0 Å². The summed E-state index contributed by atoms with van der Waals surface area (Å²) in [7, 11) is 4.50. The molecule has 50 heavy (non-hydrogen) atoms. The molecule has 2 rings (SSSR count). The van der Waals surface area contributed by atoms with E-state index >= 15 is 0 Å². The zero-order valence-electron chi connectivity index (χ0n) is 30.1. The Morgan fingerprint density at radius 3 is 1.76 bits per heavy atom. The van der Waals surface area contributed by atoms with Crippen LogP contribution in [0.4, 0.5) is 0 Å². The number of methoxy groups -OCH3 is 3. The Kier molecular flexibility index (Phi) is 18.9. The van der Waals surface area contributed by atoms with Crippen molar-refractivity contribution in [1.82, 2.24) is 0 Å². The zero-order valence-corrected chi connectivity index (χ0v) is 32.2. The van der Waals surface area contributed by atoms with Crippen molar-refractivity contribution in [2.75, 3.05) is 54.9 Å². The third kappa shape index (κ3) is 14.2. The summed E-state index contributed by atoms with van der Waals surface area (Å²) >= 11 is -2.34. The fourth-order valence-corrected chi connectivity index (χ4v) is 6.32. The Balaban J connectivity index is 2.61. The van der Waals surface area contributed by atoms with Crippen LogP contribution in [0.5, 0.6) is 0 Å². The fourth-order valence-electron chi connectivity index (χ4n) is 5.06. The molecule has 0 aromatic rings. The van der Waals surface area contributed by atoms with Crippen LogP contribution < -0.4 is 0 Å². The molecule has 2 aliphatic heterocycles. The van der Waals surface area contributed by atoms with Crippen LogP contribution in [0, 0.1) is 58.5 Å². The fraction of sp³-hybridized carbons (Fsp3) is 0.686. The summed E-state index contributed by atoms with van der Waals surface area (Å²) in [6.45, 7) is 3.33. The average molecular weight is 765 g/mol. The molecule has 14 nitrogen and oxygen atoms in total. The number of carbonyl (C=O) groups is 3. The van der Waals surface area contributed by atoms with Crippen LogP contribution >= 0.6 is 0 Å². The minimum absolute atomic E-state index is 0.0302. The first-order valence-electron chi connectivity index (χ1n) is 15.8. The average Bonchev–Trinajstić information content (AvgIpc) is 3.04. The first-order valence-corrected chi connectivity index (χ1v) is 23.2. The molecule has 0 N–H and O–H groups in total. The van der Waals surface area contributed by atoms with Gasteiger partial charge in [0.25, 0.3) is 0 Å². The molecule has 0 spiro atoms. The van der Waals surface area contributed by atoms with E-state index in [1.54, 1.807) is 0 Å². The zero-order chi connectivity index (χ0) is 37.3. The molecule has 0 aromatic heterocycles. The second-order valence-electron chi connectivity index (χ2n) is 12.3. The number of esters is 3. The molecular formula is C35H48GeO14. The Hall–Kier alpha value is -3.13. The Morgan fingerprint density at radius 2 is 1.20 bits per heavy atom. The second kappa shape index (κ2) is 21.9. The van der Waals surface area contributed by atoms with Crippen molar-refractivity contribution in [2.24, 2.45) is 11.8 Å². The van der Waals surface area contributed by atoms with E-state index in [0.717, 1.165) is 0 Å². The van der Waals surface area contributed by atoms with Gasteiger partial charge in [0.15, 0.2) is 12.2 Å². The van der Waals surface area contributed by atoms with E-state index in [4.69, 9.17) is 58.5 Å². The van der Waals surface area contributed by atoms with Crippen molar-refractivity contribution in [3.05, 3.63) is 0 Å². The van der Waals surface area contributed by atoms with Gasteiger partial charge in [0.1, 0.15) is 6.61 Å². The predicted molar refractivity (Wildman–Crippen MR) is 179 cm³/mol. The molecule has 2 saturated heterocycles. The molecule has 0 unspecified atom stereocenters. The Labute approximate surface area is 297 Å². The first kappa shape index (κ1) is 43.0. The maximum atomic E-state index is 12.2. The molecule has 2 fully saturated rings. The van der Waals surface area contributed by atoms with Gasteiger partial charge < -0.3 is 18.9 Å². The van der Waals surface area contributed by atoms with Crippen molar-refractivity contribution < 1.29 is 66.5 Å². The normalized spacial score (nSPS) is 29.0. The van der Waals surface area contributed by atoms with Crippen molar-refractivity contribution in [3.8, 4) is 46.7 Å². The van der Waals surface area contributed by atoms with Gasteiger partial charge in [0.2, 0.25) is 0 Å². The van der Waals surface area contributed by atoms with E-state index < -0.39 is 91.8 Å². The van der Waals surface area contributed by atoms with Gasteiger partial charge in [-0.1, -0.05) is 5.92 Å². The van der Waals surface area contributed by atoms with Gasteiger partial charge in [-0.2, -0.15) is 0 Å². The minimum atomic E-state index is -2.34. The molecule has 0 bridgehead atoms. The summed E-state index contributed by atoms with van der Waals surface area (Å²) in [6.07, 6.45) is -1.76. The Bertz CT molecular complexity index is 1350. The molecule has 0 aromatic carbocycles. The molecule has 0 saturated carbocycles.